The molecule has 1 aliphatic heterocycles. The van der Waals surface area contributed by atoms with Crippen LogP contribution in [-0.2, 0) is 6.42 Å². The van der Waals surface area contributed by atoms with Crippen molar-refractivity contribution < 1.29 is 4.74 Å². The van der Waals surface area contributed by atoms with E-state index in [1.54, 1.807) is 11.8 Å². The van der Waals surface area contributed by atoms with Gasteiger partial charge in [0.15, 0.2) is 0 Å². The number of nitriles is 1. The molecular formula is C26H30N4OS2. The first-order valence-corrected chi connectivity index (χ1v) is 13.5. The highest BCUT2D eigenvalue weighted by molar-refractivity contribution is 8.14. The zero-order valence-electron chi connectivity index (χ0n) is 19.4. The third-order valence-corrected chi connectivity index (χ3v) is 8.78. The minimum Gasteiger partial charge on any atom is -0.490 e. The highest BCUT2D eigenvalue weighted by Crippen LogP contribution is 2.45. The van der Waals surface area contributed by atoms with Gasteiger partial charge in [0.1, 0.15) is 22.2 Å². The van der Waals surface area contributed by atoms with Crippen molar-refractivity contribution in [3.05, 3.63) is 64.2 Å². The predicted octanol–water partition coefficient (Wildman–Crippen LogP) is 6.16. The topological polar surface area (TPSA) is 60.6 Å². The summed E-state index contributed by atoms with van der Waals surface area (Å²) in [5, 5.41) is 18.4. The SMILES string of the molecule is CC(C)Oc1ccc(C2=NN(C)C(c3cccc4c3CCCC4NSC3CC3)S2)cc1C#N. The van der Waals surface area contributed by atoms with Gasteiger partial charge in [-0.2, -0.15) is 10.4 Å². The Balaban J connectivity index is 1.37. The molecule has 172 valence electrons. The number of fused-ring (bicyclic) bond motifs is 1. The van der Waals surface area contributed by atoms with Crippen LogP contribution < -0.4 is 9.46 Å². The standard InChI is InChI=1S/C26H30N4OS2/c1-16(2)31-24-13-10-17(14-18(24)15-27)25-28-30(3)26(32-25)22-8-4-7-21-20(22)6-5-9-23(21)29-33-19-11-12-19/h4,7-8,10,13-14,16,19,23,26,29H,5-6,9,11-12H2,1-3H3. The molecular weight excluding hydrogens is 448 g/mol. The molecule has 0 bridgehead atoms. The van der Waals surface area contributed by atoms with E-state index in [2.05, 4.69) is 34.0 Å². The molecule has 2 unspecified atom stereocenters. The van der Waals surface area contributed by atoms with Crippen LogP contribution in [0.25, 0.3) is 0 Å². The summed E-state index contributed by atoms with van der Waals surface area (Å²) < 4.78 is 9.55. The molecule has 2 atom stereocenters. The van der Waals surface area contributed by atoms with Crippen LogP contribution in [0.5, 0.6) is 5.75 Å². The van der Waals surface area contributed by atoms with Crippen molar-refractivity contribution in [1.29, 1.82) is 5.26 Å². The summed E-state index contributed by atoms with van der Waals surface area (Å²) in [7, 11) is 2.05. The second-order valence-corrected chi connectivity index (χ2v) is 11.4. The minimum atomic E-state index is 0.0295. The third kappa shape index (κ3) is 4.89. The maximum atomic E-state index is 9.62. The minimum absolute atomic E-state index is 0.0295. The van der Waals surface area contributed by atoms with Crippen molar-refractivity contribution in [2.75, 3.05) is 7.05 Å². The number of thioether (sulfide) groups is 1. The normalized spacial score (nSPS) is 22.2. The first-order chi connectivity index (χ1) is 16.0. The summed E-state index contributed by atoms with van der Waals surface area (Å²) in [6.07, 6.45) is 6.26. The maximum absolute atomic E-state index is 9.62. The van der Waals surface area contributed by atoms with Crippen LogP contribution in [-0.4, -0.2) is 28.5 Å². The third-order valence-electron chi connectivity index (χ3n) is 6.23. The van der Waals surface area contributed by atoms with Crippen LogP contribution in [0.2, 0.25) is 0 Å². The molecule has 1 fully saturated rings. The van der Waals surface area contributed by atoms with Gasteiger partial charge in [-0.15, -0.1) is 0 Å². The molecule has 1 heterocycles. The molecule has 2 aromatic rings. The van der Waals surface area contributed by atoms with Crippen molar-refractivity contribution in [3.8, 4) is 11.8 Å². The smallest absolute Gasteiger partial charge is 0.137 e. The lowest BCUT2D eigenvalue weighted by Gasteiger charge is -2.30. The van der Waals surface area contributed by atoms with Crippen molar-refractivity contribution >= 4 is 28.8 Å². The first-order valence-electron chi connectivity index (χ1n) is 11.8. The van der Waals surface area contributed by atoms with Gasteiger partial charge >= 0.3 is 0 Å². The molecule has 33 heavy (non-hydrogen) atoms. The molecule has 0 amide bonds. The summed E-state index contributed by atoms with van der Waals surface area (Å²) in [5.74, 6) is 0.629. The van der Waals surface area contributed by atoms with Crippen LogP contribution in [0.15, 0.2) is 41.5 Å². The van der Waals surface area contributed by atoms with E-state index in [1.807, 2.05) is 51.0 Å². The number of rotatable bonds is 7. The molecule has 2 aromatic carbocycles. The second-order valence-electron chi connectivity index (χ2n) is 9.23. The van der Waals surface area contributed by atoms with E-state index in [0.717, 1.165) is 22.3 Å². The summed E-state index contributed by atoms with van der Waals surface area (Å²) in [6.45, 7) is 3.94. The fourth-order valence-corrected chi connectivity index (χ4v) is 6.67. The van der Waals surface area contributed by atoms with Crippen molar-refractivity contribution in [2.24, 2.45) is 5.10 Å². The van der Waals surface area contributed by atoms with Gasteiger partial charge in [-0.25, -0.2) is 0 Å². The van der Waals surface area contributed by atoms with Crippen LogP contribution in [0.4, 0.5) is 0 Å². The lowest BCUT2D eigenvalue weighted by molar-refractivity contribution is 0.241. The van der Waals surface area contributed by atoms with Crippen molar-refractivity contribution in [1.82, 2.24) is 9.73 Å². The van der Waals surface area contributed by atoms with Gasteiger partial charge < -0.3 is 4.74 Å². The Morgan fingerprint density at radius 2 is 2.03 bits per heavy atom. The van der Waals surface area contributed by atoms with E-state index >= 15 is 0 Å². The van der Waals surface area contributed by atoms with Crippen molar-refractivity contribution in [3.63, 3.8) is 0 Å². The molecule has 0 radical (unpaired) electrons. The van der Waals surface area contributed by atoms with E-state index in [0.29, 0.717) is 17.4 Å². The van der Waals surface area contributed by atoms with Crippen LogP contribution in [0.1, 0.15) is 78.8 Å². The van der Waals surface area contributed by atoms with E-state index in [4.69, 9.17) is 9.84 Å². The van der Waals surface area contributed by atoms with Crippen LogP contribution in [0, 0.1) is 11.3 Å². The number of benzene rings is 2. The molecule has 1 N–H and O–H groups in total. The number of ether oxygens (including phenoxy) is 1. The van der Waals surface area contributed by atoms with Gasteiger partial charge in [-0.1, -0.05) is 41.9 Å². The molecule has 5 nitrogen and oxygen atoms in total. The monoisotopic (exact) mass is 478 g/mol. The molecule has 2 aliphatic carbocycles. The average molecular weight is 479 g/mol. The second kappa shape index (κ2) is 9.61. The van der Waals surface area contributed by atoms with Crippen LogP contribution in [0.3, 0.4) is 0 Å². The highest BCUT2D eigenvalue weighted by Gasteiger charge is 2.32. The average Bonchev–Trinajstić information content (AvgIpc) is 3.57. The molecule has 3 aliphatic rings. The Hall–Kier alpha value is -2.14. The Labute approximate surface area is 205 Å². The Kier molecular flexibility index (Phi) is 6.60. The van der Waals surface area contributed by atoms with E-state index in [-0.39, 0.29) is 11.5 Å². The lowest BCUT2D eigenvalue weighted by Crippen LogP contribution is -2.23. The van der Waals surface area contributed by atoms with Gasteiger partial charge in [-0.05, 0) is 80.8 Å². The maximum Gasteiger partial charge on any atom is 0.137 e. The first kappa shape index (κ1) is 22.6. The zero-order chi connectivity index (χ0) is 22.9. The zero-order valence-corrected chi connectivity index (χ0v) is 21.0. The lowest BCUT2D eigenvalue weighted by atomic mass is 9.85. The van der Waals surface area contributed by atoms with E-state index < -0.39 is 0 Å². The molecule has 7 heteroatoms. The summed E-state index contributed by atoms with van der Waals surface area (Å²) in [6, 6.07) is 15.3. The van der Waals surface area contributed by atoms with E-state index in [1.165, 1.54) is 42.4 Å². The summed E-state index contributed by atoms with van der Waals surface area (Å²) >= 11 is 3.70. The fourth-order valence-electron chi connectivity index (χ4n) is 4.49. The predicted molar refractivity (Wildman–Crippen MR) is 137 cm³/mol. The molecule has 0 aromatic heterocycles. The van der Waals surface area contributed by atoms with Crippen molar-refractivity contribution in [2.45, 2.75) is 68.7 Å². The van der Waals surface area contributed by atoms with Gasteiger partial charge in [0, 0.05) is 23.9 Å². The number of hydrogen-bond acceptors (Lipinski definition) is 7. The summed E-state index contributed by atoms with van der Waals surface area (Å²) in [5.41, 5.74) is 5.82. The fraction of sp³-hybridized carbons (Fsp3) is 0.462. The van der Waals surface area contributed by atoms with Gasteiger partial charge in [0.25, 0.3) is 0 Å². The number of hydrazone groups is 1. The molecule has 5 rings (SSSR count). The molecule has 0 spiro atoms. The largest absolute Gasteiger partial charge is 0.490 e. The summed E-state index contributed by atoms with van der Waals surface area (Å²) in [4.78, 5) is 0. The number of nitrogens with one attached hydrogen (secondary N) is 1. The van der Waals surface area contributed by atoms with Gasteiger partial charge in [0.05, 0.1) is 11.7 Å². The number of hydrogen-bond donors (Lipinski definition) is 1. The molecule has 1 saturated carbocycles. The van der Waals surface area contributed by atoms with Gasteiger partial charge in [0.2, 0.25) is 0 Å². The highest BCUT2D eigenvalue weighted by atomic mass is 32.2. The number of nitrogens with zero attached hydrogens (tertiary/aromatic N) is 3. The molecule has 0 saturated heterocycles. The Bertz CT molecular complexity index is 1110. The van der Waals surface area contributed by atoms with E-state index in [9.17, 15) is 5.26 Å². The van der Waals surface area contributed by atoms with Crippen LogP contribution >= 0.6 is 23.7 Å². The van der Waals surface area contributed by atoms with Gasteiger partial charge in [-0.3, -0.25) is 9.73 Å². The Morgan fingerprint density at radius 1 is 1.21 bits per heavy atom. The Morgan fingerprint density at radius 3 is 2.79 bits per heavy atom. The quantitative estimate of drug-likeness (QED) is 0.481.